The highest BCUT2D eigenvalue weighted by molar-refractivity contribution is 6.84. The summed E-state index contributed by atoms with van der Waals surface area (Å²) in [6.07, 6.45) is 7.74. The van der Waals surface area contributed by atoms with Crippen molar-refractivity contribution in [1.29, 1.82) is 0 Å². The van der Waals surface area contributed by atoms with Crippen LogP contribution < -0.4 is 0 Å². The van der Waals surface area contributed by atoms with Crippen LogP contribution in [0.25, 0.3) is 0 Å². The zero-order chi connectivity index (χ0) is 51.3. The maximum Gasteiger partial charge on any atom is -0.0000127 e. The molecule has 0 N–H and O–H groups in total. The van der Waals surface area contributed by atoms with Gasteiger partial charge in [0.25, 0.3) is 0 Å². The molecule has 0 aromatic heterocycles. The quantitative estimate of drug-likeness (QED) is 0.247. The van der Waals surface area contributed by atoms with Crippen LogP contribution in [-0.2, 0) is 0 Å². The van der Waals surface area contributed by atoms with E-state index in [1.807, 2.05) is 25.7 Å². The molecule has 96 heavy (non-hydrogen) atoms. The van der Waals surface area contributed by atoms with Gasteiger partial charge in [0.1, 0.15) is 0 Å². The molecule has 0 saturated heterocycles. The van der Waals surface area contributed by atoms with Gasteiger partial charge in [-0.25, -0.2) is 0 Å². The molecule has 0 nitrogen and oxygen atoms in total. The minimum absolute atomic E-state index is 1.12. The fraction of sp³-hybridized carbons (Fsp3) is 1.00. The zero-order valence-electron chi connectivity index (χ0n) is 51.3. The average Bonchev–Trinajstić information content (AvgIpc) is 0.395. The molecule has 88 unspecified atom stereocenters. The monoisotopic (exact) mass is 1190 g/mol. The smallest absolute Gasteiger partial charge is 0.0000127 e. The van der Waals surface area contributed by atoms with Crippen LogP contribution in [0.5, 0.6) is 0 Å². The Kier molecular flexibility index (Phi) is 1.21. The molecule has 77 saturated carbocycles. The van der Waals surface area contributed by atoms with Gasteiger partial charge in [0, 0.05) is 0 Å². The van der Waals surface area contributed by atoms with Gasteiger partial charge in [-0.2, -0.15) is 0 Å². The van der Waals surface area contributed by atoms with Crippen LogP contribution in [0.1, 0.15) is 25.7 Å². The van der Waals surface area contributed by atoms with Crippen molar-refractivity contribution in [1.82, 2.24) is 0 Å². The molecular formula is C96H40. The van der Waals surface area contributed by atoms with E-state index < -0.39 is 0 Å². The molecule has 0 aromatic rings. The predicted molar refractivity (Wildman–Crippen MR) is 291 cm³/mol. The van der Waals surface area contributed by atoms with Gasteiger partial charge in [-0.15, -0.1) is 0 Å². The van der Waals surface area contributed by atoms with E-state index in [0.29, 0.717) is 0 Å². The molecular weight excluding hydrogens is 1150 g/mol. The maximum atomic E-state index is 1.93. The highest BCUT2D eigenvalue weighted by Gasteiger charge is 3.89. The SMILES string of the molecule is C1C2C3C4C5C6C7CC8C9C%10C%11C%12C%13C%14C%15C%16C%17CC%18C%19C%20C%21C%22C%23CC%24C%25C%26C%27C%28C%29C%30C%31C%32C1C21C32C43C54C65C78C96C%107C%118C%129C%13%10C%14%11C%15%12C%16%13C%18%17C%19%14C%20%15C%21%16C%22%17C%23%24C%25%18C%26%19C%27%20C%28%21C%29%22C%30%23C%31%24C%321C21C32C43C56C74C85C96C%107C%118C%129C%14%13C%15%10C%16%11C%17%18C%19%12C%20%13C%21%14C%22%15C%23%16C%241C21C34C52C%161C%151C%143C%134C%11%12C%109C84C73C621. The van der Waals surface area contributed by atoms with E-state index in [0.717, 1.165) is 173 Å². The van der Waals surface area contributed by atoms with Gasteiger partial charge in [0.15, 0.2) is 0 Å². The lowest BCUT2D eigenvalue weighted by atomic mass is 8.19. The highest BCUT2D eigenvalue weighted by Crippen LogP contribution is 3.93. The molecule has 77 aliphatic carbocycles. The molecule has 0 aromatic carbocycles. The van der Waals surface area contributed by atoms with Crippen molar-refractivity contribution < 1.29 is 0 Å². The van der Waals surface area contributed by atoms with Crippen LogP contribution >= 0.6 is 0 Å². The van der Waals surface area contributed by atoms with Gasteiger partial charge in [-0.1, -0.05) is 0 Å². The summed E-state index contributed by atoms with van der Waals surface area (Å²) in [5.74, 6) is 46.5. The van der Waals surface area contributed by atoms with E-state index in [1.54, 1.807) is 0 Å². The second-order valence-electron chi connectivity index (χ2n) is 65.3. The van der Waals surface area contributed by atoms with Crippen molar-refractivity contribution in [3.63, 3.8) is 0 Å². The molecule has 77 aliphatic rings. The van der Waals surface area contributed by atoms with E-state index in [2.05, 4.69) is 0 Å². The second-order valence-corrected chi connectivity index (χ2v) is 65.3. The first kappa shape index (κ1) is 29.3. The third kappa shape index (κ3) is 0.515. The number of fused-ring (bicyclic) bond motifs is 28. The van der Waals surface area contributed by atoms with Gasteiger partial charge in [-0.3, -0.25) is 0 Å². The summed E-state index contributed by atoms with van der Waals surface area (Å²) < 4.78 is 0. The van der Waals surface area contributed by atoms with Crippen molar-refractivity contribution >= 4 is 0 Å². The average molecular weight is 1190 g/mol. The third-order valence-electron chi connectivity index (χ3n) is 91.0. The van der Waals surface area contributed by atoms with Crippen molar-refractivity contribution in [3.8, 4) is 0 Å². The Hall–Kier alpha value is 0. The fourth-order valence-corrected chi connectivity index (χ4v) is 121. The Morgan fingerprint density at radius 3 is 0.344 bits per heavy atom. The van der Waals surface area contributed by atoms with Gasteiger partial charge >= 0.3 is 0 Å². The van der Waals surface area contributed by atoms with Crippen LogP contribution in [0.3, 0.4) is 0 Å². The van der Waals surface area contributed by atoms with Crippen molar-refractivity contribution in [2.24, 2.45) is 417 Å². The van der Waals surface area contributed by atoms with E-state index in [1.165, 1.54) is 341 Å². The normalized spacial score (nSPS) is 157. The Morgan fingerprint density at radius 1 is 0.0938 bits per heavy atom. The van der Waals surface area contributed by atoms with Crippen LogP contribution in [0, 0.1) is 514 Å². The fourth-order valence-electron chi connectivity index (χ4n) is 121. The topological polar surface area (TPSA) is 0 Å². The third-order valence-corrected chi connectivity index (χ3v) is 91.0. The molecule has 0 radical (unpaired) electrons. The second kappa shape index (κ2) is 3.97. The van der Waals surface area contributed by atoms with Gasteiger partial charge in [0.2, 0.25) is 0 Å². The molecule has 0 heterocycles. The van der Waals surface area contributed by atoms with E-state index in [-0.39, 0.29) is 0 Å². The number of hydrogen-bond donors (Lipinski definition) is 0. The van der Waals surface area contributed by atoms with Crippen molar-refractivity contribution in [3.05, 3.63) is 97.5 Å². The van der Waals surface area contributed by atoms with Gasteiger partial charge in [0.05, 0.1) is 0 Å². The largest absolute Gasteiger partial charge is 0.0458 e. The number of rotatable bonds is 0. The molecule has 77 rings (SSSR count). The molecule has 424 valence electrons. The first-order valence-electron chi connectivity index (χ1n) is 47.8. The molecule has 0 aliphatic heterocycles. The first-order valence-corrected chi connectivity index (χ1v) is 47.8. The summed E-state index contributed by atoms with van der Waals surface area (Å²) in [5.41, 5.74) is 69.5. The first-order chi connectivity index (χ1) is 47.8. The summed E-state index contributed by atoms with van der Waals surface area (Å²) in [5, 5.41) is 0. The van der Waals surface area contributed by atoms with E-state index in [9.17, 15) is 0 Å². The van der Waals surface area contributed by atoms with Crippen molar-refractivity contribution in [2.45, 2.75) is 25.7 Å². The minimum atomic E-state index is 1.12. The van der Waals surface area contributed by atoms with Crippen LogP contribution in [0.15, 0.2) is 0 Å². The summed E-state index contributed by atoms with van der Waals surface area (Å²) in [4.78, 5) is 0. The number of hydrogen-bond acceptors (Lipinski definition) is 0. The molecule has 77 fully saturated rings. The minimum Gasteiger partial charge on any atom is -0.0458 e. The molecule has 0 bridgehead atoms. The highest BCUT2D eigenvalue weighted by atomic mass is 15.9. The standard InChI is InChI=1S/C96H40/c1-5-13-21-22-14-6-2-10-18-27-31-35-36-32-28-20-12-4-8-16-24-23-15-7-3-11-19-26-30-34-33-29-25-17-9(1)37(5)41(13)49(21)50(22)42(14)38(6,10)46(18)55(27)59(31)63(35)64(36)60(32)56(28)48(20)40(8,12)44(16)52(24)51(23)43(15)39(7,11)47(19)54(26)58(30)62(34)61(33)57(29)53(25)45(17,37)65(41)69(49)70(50)66(42,46)74(55)79(59)83(63)84(64)80(60)76(56)68(44,48)72(52)71(51)67(43,47)75(54)78(58)82(62)81(61)77(57)73(53,65)85(69)86(70,74)90(79)89(77,85)93(81)94(82)91(78)87(71,75)88(72,76)92(80,91)96(84,94)95(83,90)93/h5-36H,1-4H2. The molecule has 88 atom stereocenters. The van der Waals surface area contributed by atoms with Gasteiger partial charge < -0.3 is 0 Å². The maximum absolute atomic E-state index is 1.93. The Morgan fingerprint density at radius 2 is 0.198 bits per heavy atom. The van der Waals surface area contributed by atoms with Crippen molar-refractivity contribution in [2.75, 3.05) is 0 Å². The Labute approximate surface area is 536 Å². The zero-order valence-corrected chi connectivity index (χ0v) is 51.3. The summed E-state index contributed by atoms with van der Waals surface area (Å²) in [6, 6.07) is 0. The molecule has 0 heteroatoms. The Bertz CT molecular complexity index is 7200. The summed E-state index contributed by atoms with van der Waals surface area (Å²) in [6.45, 7) is 0. The van der Waals surface area contributed by atoms with E-state index in [4.69, 9.17) is 0 Å². The predicted octanol–water partition coefficient (Wildman–Crippen LogP) is 6.96. The molecule has 0 amide bonds. The van der Waals surface area contributed by atoms with Gasteiger partial charge in [-0.05, 0) is 540 Å². The molecule has 60 spiro atoms. The van der Waals surface area contributed by atoms with Crippen LogP contribution in [0.2, 0.25) is 0 Å². The van der Waals surface area contributed by atoms with Crippen LogP contribution in [-0.4, -0.2) is 0 Å². The van der Waals surface area contributed by atoms with Crippen LogP contribution in [0.4, 0.5) is 0 Å². The summed E-state index contributed by atoms with van der Waals surface area (Å²) >= 11 is 0. The lowest BCUT2D eigenvalue weighted by molar-refractivity contribution is -1.17. The lowest BCUT2D eigenvalue weighted by Gasteiger charge is -3.82. The Balaban J connectivity index is 0.625. The lowest BCUT2D eigenvalue weighted by Crippen LogP contribution is -3.78. The van der Waals surface area contributed by atoms with E-state index >= 15 is 0 Å². The summed E-state index contributed by atoms with van der Waals surface area (Å²) in [7, 11) is 0.